The van der Waals surface area contributed by atoms with Crippen LogP contribution in [0, 0.1) is 11.3 Å². The summed E-state index contributed by atoms with van der Waals surface area (Å²) in [5.41, 5.74) is 2.27. The van der Waals surface area contributed by atoms with Crippen LogP contribution in [0.15, 0.2) is 47.0 Å². The molecule has 0 aliphatic carbocycles. The number of piperazine rings is 1. The van der Waals surface area contributed by atoms with E-state index in [1.165, 1.54) is 0 Å². The van der Waals surface area contributed by atoms with Crippen LogP contribution in [0.25, 0.3) is 11.2 Å². The van der Waals surface area contributed by atoms with E-state index < -0.39 is 0 Å². The van der Waals surface area contributed by atoms with Crippen molar-refractivity contribution in [2.24, 2.45) is 0 Å². The fraction of sp³-hybridized carbons (Fsp3) is 0.222. The fourth-order valence-electron chi connectivity index (χ4n) is 2.90. The average molecular weight is 333 g/mol. The van der Waals surface area contributed by atoms with E-state index in [-0.39, 0.29) is 5.91 Å². The summed E-state index contributed by atoms with van der Waals surface area (Å²) in [4.78, 5) is 25.0. The van der Waals surface area contributed by atoms with E-state index in [9.17, 15) is 4.79 Å². The number of nitriles is 1. The molecule has 1 aliphatic rings. The van der Waals surface area contributed by atoms with E-state index >= 15 is 0 Å². The van der Waals surface area contributed by atoms with Crippen molar-refractivity contribution in [2.75, 3.05) is 31.1 Å². The van der Waals surface area contributed by atoms with Gasteiger partial charge in [-0.25, -0.2) is 4.98 Å². The molecule has 7 nitrogen and oxygen atoms in total. The summed E-state index contributed by atoms with van der Waals surface area (Å²) in [6, 6.07) is 13.0. The van der Waals surface area contributed by atoms with Crippen molar-refractivity contribution in [2.45, 2.75) is 0 Å². The second-order valence-corrected chi connectivity index (χ2v) is 5.79. The molecule has 7 heteroatoms. The number of carbonyl (C=O) groups excluding carboxylic acids is 1. The van der Waals surface area contributed by atoms with Gasteiger partial charge in [-0.1, -0.05) is 6.07 Å². The van der Waals surface area contributed by atoms with E-state index in [1.54, 1.807) is 35.4 Å². The van der Waals surface area contributed by atoms with Crippen LogP contribution in [0.4, 0.5) is 6.01 Å². The second kappa shape index (κ2) is 6.24. The molecule has 4 rings (SSSR count). The molecule has 0 bridgehead atoms. The number of hydrogen-bond acceptors (Lipinski definition) is 6. The number of pyridine rings is 1. The molecule has 1 saturated heterocycles. The van der Waals surface area contributed by atoms with E-state index in [4.69, 9.17) is 9.68 Å². The topological polar surface area (TPSA) is 86.3 Å². The van der Waals surface area contributed by atoms with Gasteiger partial charge >= 0.3 is 0 Å². The SMILES string of the molecule is N#Cc1cccc(C(=O)N2CCN(c3nc4ncccc4o3)CC2)c1. The minimum atomic E-state index is -0.0593. The minimum absolute atomic E-state index is 0.0593. The highest BCUT2D eigenvalue weighted by atomic mass is 16.4. The molecule has 1 amide bonds. The maximum absolute atomic E-state index is 12.6. The monoisotopic (exact) mass is 333 g/mol. The molecule has 1 aromatic carbocycles. The van der Waals surface area contributed by atoms with Gasteiger partial charge in [0.2, 0.25) is 5.65 Å². The number of benzene rings is 1. The quantitative estimate of drug-likeness (QED) is 0.713. The van der Waals surface area contributed by atoms with Gasteiger partial charge in [0.25, 0.3) is 11.9 Å². The molecular formula is C18H15N5O2. The molecule has 1 fully saturated rings. The Hall–Kier alpha value is -3.40. The van der Waals surface area contributed by atoms with Crippen molar-refractivity contribution in [3.63, 3.8) is 0 Å². The number of rotatable bonds is 2. The number of nitrogens with zero attached hydrogens (tertiary/aromatic N) is 5. The van der Waals surface area contributed by atoms with Crippen LogP contribution < -0.4 is 4.90 Å². The third-order valence-electron chi connectivity index (χ3n) is 4.23. The van der Waals surface area contributed by atoms with Gasteiger partial charge in [-0.3, -0.25) is 4.79 Å². The highest BCUT2D eigenvalue weighted by molar-refractivity contribution is 5.94. The number of aromatic nitrogens is 2. The van der Waals surface area contributed by atoms with E-state index in [0.717, 1.165) is 0 Å². The van der Waals surface area contributed by atoms with Gasteiger partial charge in [-0.15, -0.1) is 0 Å². The van der Waals surface area contributed by atoms with Gasteiger partial charge in [0.1, 0.15) is 0 Å². The summed E-state index contributed by atoms with van der Waals surface area (Å²) in [5.74, 6) is -0.0593. The predicted octanol–water partition coefficient (Wildman–Crippen LogP) is 2.06. The van der Waals surface area contributed by atoms with Crippen LogP contribution in [0.5, 0.6) is 0 Å². The van der Waals surface area contributed by atoms with Crippen LogP contribution >= 0.6 is 0 Å². The Morgan fingerprint density at radius 1 is 1.16 bits per heavy atom. The summed E-state index contributed by atoms with van der Waals surface area (Å²) in [5, 5.41) is 8.97. The Labute approximate surface area is 144 Å². The van der Waals surface area contributed by atoms with Gasteiger partial charge in [0.05, 0.1) is 11.6 Å². The first-order valence-corrected chi connectivity index (χ1v) is 8.00. The summed E-state index contributed by atoms with van der Waals surface area (Å²) in [6.45, 7) is 2.41. The molecule has 0 N–H and O–H groups in total. The summed E-state index contributed by atoms with van der Waals surface area (Å²) in [7, 11) is 0. The van der Waals surface area contributed by atoms with E-state index in [0.29, 0.717) is 54.6 Å². The first-order chi connectivity index (χ1) is 12.2. The van der Waals surface area contributed by atoms with Crippen LogP contribution in [0.2, 0.25) is 0 Å². The smallest absolute Gasteiger partial charge is 0.300 e. The molecule has 0 atom stereocenters. The first kappa shape index (κ1) is 15.1. The maximum Gasteiger partial charge on any atom is 0.300 e. The Morgan fingerprint density at radius 3 is 2.76 bits per heavy atom. The molecule has 124 valence electrons. The van der Waals surface area contributed by atoms with Gasteiger partial charge in [-0.05, 0) is 30.3 Å². The van der Waals surface area contributed by atoms with Crippen LogP contribution in [-0.4, -0.2) is 47.0 Å². The number of hydrogen-bond donors (Lipinski definition) is 0. The maximum atomic E-state index is 12.6. The Kier molecular flexibility index (Phi) is 3.78. The lowest BCUT2D eigenvalue weighted by atomic mass is 10.1. The number of carbonyl (C=O) groups is 1. The lowest BCUT2D eigenvalue weighted by molar-refractivity contribution is 0.0745. The molecule has 0 spiro atoms. The minimum Gasteiger partial charge on any atom is -0.422 e. The third kappa shape index (κ3) is 2.90. The lowest BCUT2D eigenvalue weighted by Crippen LogP contribution is -2.48. The van der Waals surface area contributed by atoms with Crippen LogP contribution in [-0.2, 0) is 0 Å². The predicted molar refractivity (Wildman–Crippen MR) is 91.1 cm³/mol. The fourth-order valence-corrected chi connectivity index (χ4v) is 2.90. The summed E-state index contributed by atoms with van der Waals surface area (Å²) in [6.07, 6.45) is 1.68. The molecule has 0 unspecified atom stereocenters. The zero-order valence-electron chi connectivity index (χ0n) is 13.4. The van der Waals surface area contributed by atoms with Crippen molar-refractivity contribution in [1.82, 2.24) is 14.9 Å². The number of amides is 1. The van der Waals surface area contributed by atoms with Crippen molar-refractivity contribution in [3.8, 4) is 6.07 Å². The largest absolute Gasteiger partial charge is 0.422 e. The van der Waals surface area contributed by atoms with Gasteiger partial charge in [0, 0.05) is 37.9 Å². The van der Waals surface area contributed by atoms with Crippen molar-refractivity contribution >= 4 is 23.2 Å². The van der Waals surface area contributed by atoms with Crippen molar-refractivity contribution in [3.05, 3.63) is 53.7 Å². The normalized spacial score (nSPS) is 14.5. The van der Waals surface area contributed by atoms with Crippen molar-refractivity contribution < 1.29 is 9.21 Å². The number of anilines is 1. The standard InChI is InChI=1S/C18H15N5O2/c19-12-13-3-1-4-14(11-13)17(24)22-7-9-23(10-8-22)18-21-16-15(25-18)5-2-6-20-16/h1-6,11H,7-10H2. The molecule has 3 aromatic rings. The van der Waals surface area contributed by atoms with Crippen LogP contribution in [0.1, 0.15) is 15.9 Å². The van der Waals surface area contributed by atoms with E-state index in [2.05, 4.69) is 16.0 Å². The summed E-state index contributed by atoms with van der Waals surface area (Å²) >= 11 is 0. The average Bonchev–Trinajstić information content (AvgIpc) is 3.12. The molecule has 0 radical (unpaired) electrons. The van der Waals surface area contributed by atoms with Crippen molar-refractivity contribution in [1.29, 1.82) is 5.26 Å². The molecule has 0 saturated carbocycles. The molecule has 3 heterocycles. The highest BCUT2D eigenvalue weighted by Crippen LogP contribution is 2.21. The Morgan fingerprint density at radius 2 is 2.00 bits per heavy atom. The van der Waals surface area contributed by atoms with Gasteiger partial charge in [0.15, 0.2) is 5.58 Å². The number of oxazole rings is 1. The molecule has 1 aliphatic heterocycles. The molecular weight excluding hydrogens is 318 g/mol. The Bertz CT molecular complexity index is 934. The van der Waals surface area contributed by atoms with Crippen LogP contribution in [0.3, 0.4) is 0 Å². The summed E-state index contributed by atoms with van der Waals surface area (Å²) < 4.78 is 5.73. The van der Waals surface area contributed by atoms with Gasteiger partial charge < -0.3 is 14.2 Å². The third-order valence-corrected chi connectivity index (χ3v) is 4.23. The number of fused-ring (bicyclic) bond motifs is 1. The second-order valence-electron chi connectivity index (χ2n) is 5.79. The highest BCUT2D eigenvalue weighted by Gasteiger charge is 2.25. The van der Waals surface area contributed by atoms with Gasteiger partial charge in [-0.2, -0.15) is 10.2 Å². The van der Waals surface area contributed by atoms with E-state index in [1.807, 2.05) is 17.0 Å². The first-order valence-electron chi connectivity index (χ1n) is 8.00. The molecule has 25 heavy (non-hydrogen) atoms. The molecule has 2 aromatic heterocycles. The zero-order valence-corrected chi connectivity index (χ0v) is 13.4. The Balaban J connectivity index is 1.45. The zero-order chi connectivity index (χ0) is 17.2. The lowest BCUT2D eigenvalue weighted by Gasteiger charge is -2.33.